The molecule has 0 saturated carbocycles. The van der Waals surface area contributed by atoms with Crippen LogP contribution in [0, 0.1) is 11.3 Å². The highest BCUT2D eigenvalue weighted by Gasteiger charge is 2.01. The summed E-state index contributed by atoms with van der Waals surface area (Å²) in [4.78, 5) is 22.3. The molecular formula is C18H14N2O4. The van der Waals surface area contributed by atoms with Crippen molar-refractivity contribution in [3.63, 3.8) is 0 Å². The van der Waals surface area contributed by atoms with Crippen LogP contribution in [-0.2, 0) is 9.59 Å². The number of nitrogens with zero attached hydrogens (tertiary/aromatic N) is 1. The quantitative estimate of drug-likeness (QED) is 0.797. The predicted octanol–water partition coefficient (Wildman–Crippen LogP) is 2.67. The Kier molecular flexibility index (Phi) is 5.70. The number of carbonyl (C=O) groups is 2. The van der Waals surface area contributed by atoms with E-state index in [1.807, 2.05) is 6.07 Å². The van der Waals surface area contributed by atoms with Crippen LogP contribution in [0.2, 0.25) is 0 Å². The van der Waals surface area contributed by atoms with Crippen LogP contribution in [0.4, 0.5) is 5.69 Å². The molecule has 2 aromatic rings. The molecule has 0 radical (unpaired) electrons. The summed E-state index contributed by atoms with van der Waals surface area (Å²) >= 11 is 0. The van der Waals surface area contributed by atoms with Crippen molar-refractivity contribution in [3.8, 4) is 11.8 Å². The van der Waals surface area contributed by atoms with Gasteiger partial charge in [-0.2, -0.15) is 5.26 Å². The zero-order valence-corrected chi connectivity index (χ0v) is 12.6. The molecule has 0 bridgehead atoms. The number of carboxylic acids is 1. The highest BCUT2D eigenvalue weighted by atomic mass is 16.5. The minimum absolute atomic E-state index is 0.307. The Bertz CT molecular complexity index is 787. The van der Waals surface area contributed by atoms with Crippen molar-refractivity contribution in [3.05, 3.63) is 65.7 Å². The van der Waals surface area contributed by atoms with E-state index in [1.54, 1.807) is 54.6 Å². The monoisotopic (exact) mass is 322 g/mol. The Morgan fingerprint density at radius 3 is 2.38 bits per heavy atom. The molecule has 0 aliphatic heterocycles. The SMILES string of the molecule is N#Cc1ccc(C=CC(=O)Nc2ccc(OCC(=O)O)cc2)cc1. The van der Waals surface area contributed by atoms with E-state index in [0.29, 0.717) is 17.0 Å². The van der Waals surface area contributed by atoms with Crippen molar-refractivity contribution in [2.45, 2.75) is 0 Å². The van der Waals surface area contributed by atoms with Gasteiger partial charge in [-0.1, -0.05) is 12.1 Å². The Labute approximate surface area is 138 Å². The molecule has 6 heteroatoms. The first-order chi connectivity index (χ1) is 11.6. The van der Waals surface area contributed by atoms with Gasteiger partial charge in [-0.05, 0) is 48.0 Å². The molecule has 0 aliphatic carbocycles. The Balaban J connectivity index is 1.90. The van der Waals surface area contributed by atoms with Gasteiger partial charge in [0.25, 0.3) is 0 Å². The number of carboxylic acid groups (broad SMARTS) is 1. The van der Waals surface area contributed by atoms with E-state index in [1.165, 1.54) is 6.08 Å². The number of hydrogen-bond donors (Lipinski definition) is 2. The minimum atomic E-state index is -1.06. The second kappa shape index (κ2) is 8.15. The standard InChI is InChI=1S/C18H14N2O4/c19-11-14-3-1-13(2-4-14)5-10-17(21)20-15-6-8-16(9-7-15)24-12-18(22)23/h1-10H,12H2,(H,20,21)(H,22,23). The number of carbonyl (C=O) groups excluding carboxylic acids is 1. The van der Waals surface area contributed by atoms with Crippen LogP contribution in [0.1, 0.15) is 11.1 Å². The first kappa shape index (κ1) is 16.8. The summed E-state index contributed by atoms with van der Waals surface area (Å²) in [5.41, 5.74) is 1.93. The summed E-state index contributed by atoms with van der Waals surface area (Å²) in [6.45, 7) is -0.418. The van der Waals surface area contributed by atoms with Crippen molar-refractivity contribution in [1.29, 1.82) is 5.26 Å². The fourth-order valence-corrected chi connectivity index (χ4v) is 1.80. The van der Waals surface area contributed by atoms with Crippen LogP contribution in [0.15, 0.2) is 54.6 Å². The smallest absolute Gasteiger partial charge is 0.341 e. The van der Waals surface area contributed by atoms with Gasteiger partial charge in [-0.15, -0.1) is 0 Å². The molecular weight excluding hydrogens is 308 g/mol. The van der Waals surface area contributed by atoms with E-state index in [0.717, 1.165) is 5.56 Å². The second-order valence-corrected chi connectivity index (χ2v) is 4.76. The molecule has 2 aromatic carbocycles. The number of nitrogens with one attached hydrogen (secondary N) is 1. The van der Waals surface area contributed by atoms with E-state index in [-0.39, 0.29) is 5.91 Å². The molecule has 120 valence electrons. The summed E-state index contributed by atoms with van der Waals surface area (Å²) in [7, 11) is 0. The van der Waals surface area contributed by atoms with E-state index < -0.39 is 12.6 Å². The van der Waals surface area contributed by atoms with Crippen LogP contribution < -0.4 is 10.1 Å². The molecule has 0 fully saturated rings. The van der Waals surface area contributed by atoms with Crippen molar-refractivity contribution >= 4 is 23.6 Å². The van der Waals surface area contributed by atoms with Gasteiger partial charge in [-0.25, -0.2) is 4.79 Å². The van der Waals surface area contributed by atoms with Crippen LogP contribution in [0.25, 0.3) is 6.08 Å². The Morgan fingerprint density at radius 2 is 1.79 bits per heavy atom. The number of aliphatic carboxylic acids is 1. The first-order valence-electron chi connectivity index (χ1n) is 7.01. The van der Waals surface area contributed by atoms with Crippen LogP contribution in [0.5, 0.6) is 5.75 Å². The molecule has 0 unspecified atom stereocenters. The lowest BCUT2D eigenvalue weighted by atomic mass is 10.1. The average Bonchev–Trinajstić information content (AvgIpc) is 2.60. The summed E-state index contributed by atoms with van der Waals surface area (Å²) < 4.78 is 5.00. The van der Waals surface area contributed by atoms with Gasteiger partial charge in [0.15, 0.2) is 6.61 Å². The third kappa shape index (κ3) is 5.31. The van der Waals surface area contributed by atoms with Crippen molar-refractivity contribution < 1.29 is 19.4 Å². The Morgan fingerprint density at radius 1 is 1.12 bits per heavy atom. The maximum Gasteiger partial charge on any atom is 0.341 e. The van der Waals surface area contributed by atoms with Gasteiger partial charge in [0.1, 0.15) is 5.75 Å². The van der Waals surface area contributed by atoms with Crippen molar-refractivity contribution in [2.24, 2.45) is 0 Å². The molecule has 0 aliphatic rings. The van der Waals surface area contributed by atoms with E-state index in [2.05, 4.69) is 5.32 Å². The lowest BCUT2D eigenvalue weighted by molar-refractivity contribution is -0.139. The third-order valence-electron chi connectivity index (χ3n) is 2.95. The van der Waals surface area contributed by atoms with Gasteiger partial charge in [0.05, 0.1) is 11.6 Å². The number of anilines is 1. The lowest BCUT2D eigenvalue weighted by Gasteiger charge is -2.05. The number of benzene rings is 2. The fraction of sp³-hybridized carbons (Fsp3) is 0.0556. The maximum absolute atomic E-state index is 11.8. The summed E-state index contributed by atoms with van der Waals surface area (Å²) in [6.07, 6.45) is 3.02. The van der Waals surface area contributed by atoms with Gasteiger partial charge >= 0.3 is 5.97 Å². The topological polar surface area (TPSA) is 99.4 Å². The Hall–Kier alpha value is -3.59. The zero-order valence-electron chi connectivity index (χ0n) is 12.6. The van der Waals surface area contributed by atoms with Crippen LogP contribution in [0.3, 0.4) is 0 Å². The van der Waals surface area contributed by atoms with Gasteiger partial charge < -0.3 is 15.2 Å². The number of hydrogen-bond acceptors (Lipinski definition) is 4. The molecule has 0 aromatic heterocycles. The van der Waals surface area contributed by atoms with E-state index >= 15 is 0 Å². The molecule has 6 nitrogen and oxygen atoms in total. The largest absolute Gasteiger partial charge is 0.482 e. The zero-order chi connectivity index (χ0) is 17.4. The van der Waals surface area contributed by atoms with Crippen LogP contribution in [-0.4, -0.2) is 23.6 Å². The minimum Gasteiger partial charge on any atom is -0.482 e. The first-order valence-corrected chi connectivity index (χ1v) is 7.01. The van der Waals surface area contributed by atoms with Crippen LogP contribution >= 0.6 is 0 Å². The average molecular weight is 322 g/mol. The third-order valence-corrected chi connectivity index (χ3v) is 2.95. The molecule has 2 N–H and O–H groups in total. The predicted molar refractivity (Wildman–Crippen MR) is 88.4 cm³/mol. The number of ether oxygens (including phenoxy) is 1. The van der Waals surface area contributed by atoms with Gasteiger partial charge in [0.2, 0.25) is 5.91 Å². The summed E-state index contributed by atoms with van der Waals surface area (Å²) in [5, 5.41) is 19.9. The number of nitriles is 1. The van der Waals surface area contributed by atoms with Gasteiger partial charge in [0, 0.05) is 11.8 Å². The molecule has 0 heterocycles. The number of amides is 1. The molecule has 24 heavy (non-hydrogen) atoms. The van der Waals surface area contributed by atoms with E-state index in [9.17, 15) is 9.59 Å². The molecule has 0 spiro atoms. The molecule has 1 amide bonds. The highest BCUT2D eigenvalue weighted by Crippen LogP contribution is 2.15. The summed E-state index contributed by atoms with van der Waals surface area (Å²) in [5.74, 6) is -0.956. The maximum atomic E-state index is 11.8. The van der Waals surface area contributed by atoms with Gasteiger partial charge in [-0.3, -0.25) is 4.79 Å². The molecule has 0 atom stereocenters. The normalized spacial score (nSPS) is 10.1. The highest BCUT2D eigenvalue weighted by molar-refractivity contribution is 6.01. The molecule has 0 saturated heterocycles. The van der Waals surface area contributed by atoms with Crippen molar-refractivity contribution in [1.82, 2.24) is 0 Å². The lowest BCUT2D eigenvalue weighted by Crippen LogP contribution is -2.10. The van der Waals surface area contributed by atoms with E-state index in [4.69, 9.17) is 15.1 Å². The fourth-order valence-electron chi connectivity index (χ4n) is 1.80. The molecule has 2 rings (SSSR count). The summed E-state index contributed by atoms with van der Waals surface area (Å²) in [6, 6.07) is 15.2. The van der Waals surface area contributed by atoms with Crippen molar-refractivity contribution in [2.75, 3.05) is 11.9 Å². The second-order valence-electron chi connectivity index (χ2n) is 4.76. The number of rotatable bonds is 6.